The van der Waals surface area contributed by atoms with E-state index in [1.807, 2.05) is 0 Å². The van der Waals surface area contributed by atoms with Gasteiger partial charge in [-0.3, -0.25) is 4.72 Å². The highest BCUT2D eigenvalue weighted by Crippen LogP contribution is 2.26. The quantitative estimate of drug-likeness (QED) is 0.733. The number of hydrogen-bond donors (Lipinski definition) is 3. The lowest BCUT2D eigenvalue weighted by Gasteiger charge is -2.10. The molecule has 0 bridgehead atoms. The van der Waals surface area contributed by atoms with Gasteiger partial charge in [-0.05, 0) is 51.8 Å². The lowest BCUT2D eigenvalue weighted by Crippen LogP contribution is -2.14. The molecule has 0 aliphatic heterocycles. The number of benzene rings is 2. The molecule has 0 aromatic heterocycles. The maximum Gasteiger partial charge on any atom is 0.263 e. The highest BCUT2D eigenvalue weighted by molar-refractivity contribution is 9.10. The molecule has 0 fully saturated rings. The van der Waals surface area contributed by atoms with Crippen LogP contribution in [0.2, 0.25) is 0 Å². The van der Waals surface area contributed by atoms with Gasteiger partial charge in [-0.15, -0.1) is 0 Å². The number of aliphatic hydroxyl groups is 1. The summed E-state index contributed by atoms with van der Waals surface area (Å²) in [5.74, 6) is 0. The zero-order valence-corrected chi connectivity index (χ0v) is 12.8. The first kappa shape index (κ1) is 14.8. The van der Waals surface area contributed by atoms with E-state index in [-0.39, 0.29) is 11.5 Å². The summed E-state index contributed by atoms with van der Waals surface area (Å²) in [6, 6.07) is 11.0. The molecule has 0 unspecified atom stereocenters. The van der Waals surface area contributed by atoms with E-state index in [2.05, 4.69) is 20.7 Å². The fourth-order valence-corrected chi connectivity index (χ4v) is 3.67. The average molecular weight is 357 g/mol. The first-order valence-corrected chi connectivity index (χ1v) is 7.97. The Labute approximate surface area is 125 Å². The van der Waals surface area contributed by atoms with Gasteiger partial charge in [0.2, 0.25) is 0 Å². The fraction of sp³-hybridized carbons (Fsp3) is 0.0769. The summed E-state index contributed by atoms with van der Waals surface area (Å²) >= 11 is 3.19. The van der Waals surface area contributed by atoms with Gasteiger partial charge >= 0.3 is 0 Å². The molecule has 106 valence electrons. The molecule has 4 N–H and O–H groups in total. The third-order valence-electron chi connectivity index (χ3n) is 2.63. The fourth-order valence-electron chi connectivity index (χ4n) is 1.61. The van der Waals surface area contributed by atoms with Crippen molar-refractivity contribution in [1.82, 2.24) is 0 Å². The van der Waals surface area contributed by atoms with Crippen molar-refractivity contribution in [2.45, 2.75) is 11.5 Å². The highest BCUT2D eigenvalue weighted by Gasteiger charge is 2.18. The Morgan fingerprint density at radius 2 is 1.80 bits per heavy atom. The standard InChI is InChI=1S/C13H13BrN2O3S/c14-12-6-3-10(15)7-13(12)20(18,19)16-11-4-1-9(8-17)2-5-11/h1-7,16-17H,8,15H2. The van der Waals surface area contributed by atoms with Crippen LogP contribution in [0.25, 0.3) is 0 Å². The van der Waals surface area contributed by atoms with Crippen molar-refractivity contribution in [2.75, 3.05) is 10.5 Å². The molecule has 2 rings (SSSR count). The Balaban J connectivity index is 2.32. The Morgan fingerprint density at radius 1 is 1.15 bits per heavy atom. The van der Waals surface area contributed by atoms with E-state index >= 15 is 0 Å². The molecular formula is C13H13BrN2O3S. The van der Waals surface area contributed by atoms with Gasteiger partial charge in [0.05, 0.1) is 6.61 Å². The first-order chi connectivity index (χ1) is 9.42. The number of rotatable bonds is 4. The molecule has 0 amide bonds. The van der Waals surface area contributed by atoms with Crippen molar-refractivity contribution in [3.05, 3.63) is 52.5 Å². The number of nitrogen functional groups attached to an aromatic ring is 1. The highest BCUT2D eigenvalue weighted by atomic mass is 79.9. The van der Waals surface area contributed by atoms with Crippen LogP contribution in [0, 0.1) is 0 Å². The van der Waals surface area contributed by atoms with E-state index in [1.54, 1.807) is 36.4 Å². The maximum atomic E-state index is 12.3. The Hall–Kier alpha value is -1.57. The molecule has 0 aliphatic rings. The van der Waals surface area contributed by atoms with Crippen molar-refractivity contribution >= 4 is 37.3 Å². The molecule has 0 heterocycles. The monoisotopic (exact) mass is 356 g/mol. The average Bonchev–Trinajstić information content (AvgIpc) is 2.42. The van der Waals surface area contributed by atoms with E-state index < -0.39 is 10.0 Å². The van der Waals surface area contributed by atoms with Crippen molar-refractivity contribution in [3.63, 3.8) is 0 Å². The van der Waals surface area contributed by atoms with Crippen molar-refractivity contribution in [3.8, 4) is 0 Å². The van der Waals surface area contributed by atoms with Gasteiger partial charge < -0.3 is 10.8 Å². The van der Waals surface area contributed by atoms with E-state index in [0.29, 0.717) is 21.4 Å². The summed E-state index contributed by atoms with van der Waals surface area (Å²) in [4.78, 5) is 0.0729. The van der Waals surface area contributed by atoms with Crippen LogP contribution in [0.4, 0.5) is 11.4 Å². The molecule has 0 spiro atoms. The molecule has 2 aromatic rings. The third-order valence-corrected chi connectivity index (χ3v) is 5.01. The van der Waals surface area contributed by atoms with Gasteiger partial charge in [-0.1, -0.05) is 12.1 Å². The predicted molar refractivity (Wildman–Crippen MR) is 81.7 cm³/mol. The number of aliphatic hydroxyl groups excluding tert-OH is 1. The molecule has 0 saturated carbocycles. The number of anilines is 2. The van der Waals surface area contributed by atoms with E-state index in [1.165, 1.54) is 6.07 Å². The number of nitrogens with one attached hydrogen (secondary N) is 1. The SMILES string of the molecule is Nc1ccc(Br)c(S(=O)(=O)Nc2ccc(CO)cc2)c1. The molecule has 0 saturated heterocycles. The summed E-state index contributed by atoms with van der Waals surface area (Å²) in [6.07, 6.45) is 0. The van der Waals surface area contributed by atoms with Crippen LogP contribution in [0.15, 0.2) is 51.8 Å². The molecule has 20 heavy (non-hydrogen) atoms. The summed E-state index contributed by atoms with van der Waals surface area (Å²) < 4.78 is 27.5. The Morgan fingerprint density at radius 3 is 2.40 bits per heavy atom. The van der Waals surface area contributed by atoms with Gasteiger partial charge in [0.15, 0.2) is 0 Å². The molecule has 0 aliphatic carbocycles. The van der Waals surface area contributed by atoms with Gasteiger partial charge in [0.1, 0.15) is 4.90 Å². The van der Waals surface area contributed by atoms with Gasteiger partial charge in [0, 0.05) is 15.8 Å². The molecule has 5 nitrogen and oxygen atoms in total. The second-order valence-electron chi connectivity index (χ2n) is 4.15. The minimum atomic E-state index is -3.73. The number of nitrogens with two attached hydrogens (primary N) is 1. The van der Waals surface area contributed by atoms with Crippen LogP contribution in [-0.4, -0.2) is 13.5 Å². The zero-order chi connectivity index (χ0) is 14.8. The van der Waals surface area contributed by atoms with Crippen LogP contribution in [0.1, 0.15) is 5.56 Å². The molecular weight excluding hydrogens is 344 g/mol. The normalized spacial score (nSPS) is 11.3. The predicted octanol–water partition coefficient (Wildman–Crippen LogP) is 2.32. The van der Waals surface area contributed by atoms with Crippen LogP contribution >= 0.6 is 15.9 Å². The summed E-state index contributed by atoms with van der Waals surface area (Å²) in [6.45, 7) is -0.0895. The van der Waals surface area contributed by atoms with Crippen LogP contribution in [0.5, 0.6) is 0 Å². The zero-order valence-electron chi connectivity index (χ0n) is 10.4. The number of halogens is 1. The second-order valence-corrected chi connectivity index (χ2v) is 6.66. The Bertz CT molecular complexity index is 715. The molecule has 2 aromatic carbocycles. The van der Waals surface area contributed by atoms with Gasteiger partial charge in [-0.2, -0.15) is 0 Å². The molecule has 0 radical (unpaired) electrons. The van der Waals surface area contributed by atoms with E-state index in [9.17, 15) is 8.42 Å². The number of sulfonamides is 1. The topological polar surface area (TPSA) is 92.4 Å². The van der Waals surface area contributed by atoms with E-state index in [0.717, 1.165) is 0 Å². The van der Waals surface area contributed by atoms with Crippen molar-refractivity contribution in [2.24, 2.45) is 0 Å². The van der Waals surface area contributed by atoms with Crippen molar-refractivity contribution < 1.29 is 13.5 Å². The van der Waals surface area contributed by atoms with Crippen LogP contribution in [-0.2, 0) is 16.6 Å². The van der Waals surface area contributed by atoms with Crippen molar-refractivity contribution in [1.29, 1.82) is 0 Å². The van der Waals surface area contributed by atoms with Crippen LogP contribution < -0.4 is 10.5 Å². The lowest BCUT2D eigenvalue weighted by atomic mass is 10.2. The summed E-state index contributed by atoms with van der Waals surface area (Å²) in [5, 5.41) is 8.95. The molecule has 0 atom stereocenters. The summed E-state index contributed by atoms with van der Waals surface area (Å²) in [7, 11) is -3.73. The summed E-state index contributed by atoms with van der Waals surface area (Å²) in [5.41, 5.74) is 7.10. The third kappa shape index (κ3) is 3.30. The first-order valence-electron chi connectivity index (χ1n) is 5.70. The van der Waals surface area contributed by atoms with Crippen LogP contribution in [0.3, 0.4) is 0 Å². The smallest absolute Gasteiger partial charge is 0.263 e. The lowest BCUT2D eigenvalue weighted by molar-refractivity contribution is 0.282. The molecule has 7 heteroatoms. The van der Waals surface area contributed by atoms with Gasteiger partial charge in [-0.25, -0.2) is 8.42 Å². The second kappa shape index (κ2) is 5.82. The van der Waals surface area contributed by atoms with Gasteiger partial charge in [0.25, 0.3) is 10.0 Å². The van der Waals surface area contributed by atoms with E-state index in [4.69, 9.17) is 10.8 Å². The maximum absolute atomic E-state index is 12.3. The minimum Gasteiger partial charge on any atom is -0.399 e. The Kier molecular flexibility index (Phi) is 4.32. The number of hydrogen-bond acceptors (Lipinski definition) is 4. The minimum absolute atomic E-state index is 0.0729. The largest absolute Gasteiger partial charge is 0.399 e.